The Morgan fingerprint density at radius 3 is 1.00 bits per heavy atom. The third-order valence-corrected chi connectivity index (χ3v) is 0. The molecule has 0 spiro atoms. The van der Waals surface area contributed by atoms with Crippen LogP contribution in [0, 0.1) is 0 Å². The van der Waals surface area contributed by atoms with E-state index in [0.29, 0.717) is 0 Å². The molecule has 0 aromatic rings. The van der Waals surface area contributed by atoms with E-state index >= 15 is 0 Å². The van der Waals surface area contributed by atoms with E-state index in [1.54, 1.807) is 0 Å². The summed E-state index contributed by atoms with van der Waals surface area (Å²) in [6, 6.07) is 0. The molecular weight excluding hydrogens is 90.8 g/mol. The molecule has 1 radical (unpaired) electrons. The molecular formula is BF3Na. The predicted molar refractivity (Wildman–Crippen MR) is 14.8 cm³/mol. The maximum absolute atomic E-state index is 9.67. The Kier molecular flexibility index (Phi) is 9.02. The van der Waals surface area contributed by atoms with Crippen molar-refractivity contribution in [2.75, 3.05) is 0 Å². The van der Waals surface area contributed by atoms with E-state index in [1.807, 2.05) is 0 Å². The molecule has 0 aromatic carbocycles. The fraction of sp³-hybridized carbons (Fsp3) is 0. The molecule has 0 aliphatic carbocycles. The Morgan fingerprint density at radius 1 is 1.00 bits per heavy atom. The van der Waals surface area contributed by atoms with Crippen molar-refractivity contribution >= 4 is 37.1 Å². The first-order valence-electron chi connectivity index (χ1n) is 0.655. The molecule has 25 valence electrons. The summed E-state index contributed by atoms with van der Waals surface area (Å²) in [5, 5.41) is 0. The summed E-state index contributed by atoms with van der Waals surface area (Å²) in [5.41, 5.74) is 0. The third kappa shape index (κ3) is 54.1. The molecule has 0 aliphatic heterocycles. The second-order valence-corrected chi connectivity index (χ2v) is 0.247. The van der Waals surface area contributed by atoms with Crippen LogP contribution in [0.3, 0.4) is 0 Å². The van der Waals surface area contributed by atoms with Gasteiger partial charge in [0.1, 0.15) is 0 Å². The van der Waals surface area contributed by atoms with Crippen LogP contribution in [0.1, 0.15) is 0 Å². The number of hydrogen-bond donors (Lipinski definition) is 0. The van der Waals surface area contributed by atoms with Gasteiger partial charge in [-0.25, -0.2) is 0 Å². The van der Waals surface area contributed by atoms with Gasteiger partial charge in [0.25, 0.3) is 0 Å². The number of rotatable bonds is 0. The second-order valence-electron chi connectivity index (χ2n) is 0.247. The summed E-state index contributed by atoms with van der Waals surface area (Å²) < 4.78 is 29.0. The van der Waals surface area contributed by atoms with Crippen LogP contribution in [-0.2, 0) is 0 Å². The van der Waals surface area contributed by atoms with Gasteiger partial charge >= 0.3 is 7.54 Å². The fourth-order valence-corrected chi connectivity index (χ4v) is 0. The summed E-state index contributed by atoms with van der Waals surface area (Å²) in [6.07, 6.45) is 0. The standard InChI is InChI=1S/BF3.Na/c2-1(3)4;. The van der Waals surface area contributed by atoms with Crippen LogP contribution >= 0.6 is 0 Å². The van der Waals surface area contributed by atoms with Gasteiger partial charge in [-0.05, 0) is 0 Å². The minimum Gasteiger partial charge on any atom is -0.254 e. The van der Waals surface area contributed by atoms with E-state index in [2.05, 4.69) is 0 Å². The molecule has 0 atom stereocenters. The van der Waals surface area contributed by atoms with Crippen molar-refractivity contribution in [3.8, 4) is 0 Å². The van der Waals surface area contributed by atoms with Gasteiger partial charge in [0.05, 0.1) is 0 Å². The molecule has 0 saturated heterocycles. The van der Waals surface area contributed by atoms with Crippen molar-refractivity contribution in [2.24, 2.45) is 0 Å². The first-order chi connectivity index (χ1) is 1.73. The molecule has 0 saturated carbocycles. The zero-order valence-corrected chi connectivity index (χ0v) is 4.71. The quantitative estimate of drug-likeness (QED) is 0.380. The van der Waals surface area contributed by atoms with Crippen molar-refractivity contribution in [2.45, 2.75) is 0 Å². The van der Waals surface area contributed by atoms with E-state index < -0.39 is 7.54 Å². The Morgan fingerprint density at radius 2 is 1.00 bits per heavy atom. The van der Waals surface area contributed by atoms with Gasteiger partial charge in [-0.15, -0.1) is 0 Å². The van der Waals surface area contributed by atoms with Crippen molar-refractivity contribution in [3.63, 3.8) is 0 Å². The molecule has 0 aliphatic rings. The molecule has 0 nitrogen and oxygen atoms in total. The van der Waals surface area contributed by atoms with Crippen molar-refractivity contribution in [1.82, 2.24) is 0 Å². The Balaban J connectivity index is 0. The Bertz CT molecular complexity index is 11.6. The van der Waals surface area contributed by atoms with Crippen molar-refractivity contribution in [1.29, 1.82) is 0 Å². The van der Waals surface area contributed by atoms with Gasteiger partial charge in [0.15, 0.2) is 0 Å². The molecule has 0 heterocycles. The van der Waals surface area contributed by atoms with Crippen LogP contribution in [0.2, 0.25) is 0 Å². The third-order valence-electron chi connectivity index (χ3n) is 0. The van der Waals surface area contributed by atoms with E-state index in [1.165, 1.54) is 0 Å². The predicted octanol–water partition coefficient (Wildman–Crippen LogP) is 0.499. The fourth-order valence-electron chi connectivity index (χ4n) is 0. The zero-order valence-electron chi connectivity index (χ0n) is 2.71. The van der Waals surface area contributed by atoms with Gasteiger partial charge in [-0.2, -0.15) is 0 Å². The molecule has 0 aromatic heterocycles. The topological polar surface area (TPSA) is 0 Å². The molecule has 0 N–H and O–H groups in total. The summed E-state index contributed by atoms with van der Waals surface area (Å²) in [5.74, 6) is 0. The van der Waals surface area contributed by atoms with E-state index in [0.717, 1.165) is 0 Å². The maximum Gasteiger partial charge on any atom is 0.762 e. The van der Waals surface area contributed by atoms with Crippen LogP contribution in [0.25, 0.3) is 0 Å². The average molecular weight is 90.8 g/mol. The molecule has 5 heavy (non-hydrogen) atoms. The average Bonchev–Trinajstić information content (AvgIpc) is 0.811. The largest absolute Gasteiger partial charge is 0.762 e. The van der Waals surface area contributed by atoms with Gasteiger partial charge in [-0.1, -0.05) is 0 Å². The molecule has 0 amide bonds. The smallest absolute Gasteiger partial charge is 0.254 e. The van der Waals surface area contributed by atoms with Crippen molar-refractivity contribution in [3.05, 3.63) is 0 Å². The summed E-state index contributed by atoms with van der Waals surface area (Å²) in [4.78, 5) is 0. The van der Waals surface area contributed by atoms with Gasteiger partial charge in [-0.3, -0.25) is 12.9 Å². The van der Waals surface area contributed by atoms with Crippen LogP contribution in [0.4, 0.5) is 12.9 Å². The normalized spacial score (nSPS) is 5.40. The van der Waals surface area contributed by atoms with E-state index in [9.17, 15) is 12.9 Å². The van der Waals surface area contributed by atoms with Crippen LogP contribution in [-0.4, -0.2) is 37.1 Å². The summed E-state index contributed by atoms with van der Waals surface area (Å²) in [6.45, 7) is 0. The SMILES string of the molecule is FB(F)F.[Na]. The van der Waals surface area contributed by atoms with Crippen LogP contribution < -0.4 is 0 Å². The zero-order chi connectivity index (χ0) is 3.58. The Hall–Kier alpha value is 0.855. The van der Waals surface area contributed by atoms with Crippen LogP contribution in [0.15, 0.2) is 0 Å². The monoisotopic (exact) mass is 91.0 g/mol. The molecule has 0 bridgehead atoms. The first-order valence-corrected chi connectivity index (χ1v) is 0.655. The molecule has 0 fully saturated rings. The number of halogens is 3. The second kappa shape index (κ2) is 4.85. The van der Waals surface area contributed by atoms with Gasteiger partial charge in [0.2, 0.25) is 0 Å². The maximum atomic E-state index is 9.67. The Labute approximate surface area is 50.3 Å². The number of hydrogen-bond acceptors (Lipinski definition) is 0. The first kappa shape index (κ1) is 9.29. The minimum atomic E-state index is -3.67. The van der Waals surface area contributed by atoms with E-state index in [-0.39, 0.29) is 29.6 Å². The minimum absolute atomic E-state index is 0. The van der Waals surface area contributed by atoms with Gasteiger partial charge < -0.3 is 0 Å². The summed E-state index contributed by atoms with van der Waals surface area (Å²) >= 11 is 0. The molecule has 5 heteroatoms. The van der Waals surface area contributed by atoms with Crippen molar-refractivity contribution < 1.29 is 12.9 Å². The molecule has 0 unspecified atom stereocenters. The van der Waals surface area contributed by atoms with E-state index in [4.69, 9.17) is 0 Å². The summed E-state index contributed by atoms with van der Waals surface area (Å²) in [7, 11) is -3.67. The van der Waals surface area contributed by atoms with Crippen LogP contribution in [0.5, 0.6) is 0 Å². The van der Waals surface area contributed by atoms with Gasteiger partial charge in [0, 0.05) is 29.6 Å². The molecule has 0 rings (SSSR count).